The van der Waals surface area contributed by atoms with Crippen LogP contribution in [0.5, 0.6) is 0 Å². The molecule has 6 heteroatoms. The molecule has 1 rings (SSSR count). The van der Waals surface area contributed by atoms with Crippen LogP contribution in [0.25, 0.3) is 0 Å². The zero-order chi connectivity index (χ0) is 20.2. The van der Waals surface area contributed by atoms with Crippen molar-refractivity contribution in [3.8, 4) is 0 Å². The molecule has 1 aromatic carbocycles. The standard InChI is InChI=1S/C21H37N5O/c1-7-8-20(27)25-19-11-9-18(10-12-19)15-24-21(22-6)23-13-14-26(16(2)3)17(4)5/h9-12,16-17H,7-8,13-15H2,1-6H3,(H,25,27)(H2,22,23,24). The lowest BCUT2D eigenvalue weighted by Crippen LogP contribution is -2.45. The van der Waals surface area contributed by atoms with Crippen molar-refractivity contribution in [2.45, 2.75) is 66.1 Å². The van der Waals surface area contributed by atoms with Gasteiger partial charge in [0.2, 0.25) is 5.91 Å². The molecule has 1 amide bonds. The summed E-state index contributed by atoms with van der Waals surface area (Å²) in [5, 5.41) is 9.61. The van der Waals surface area contributed by atoms with Gasteiger partial charge >= 0.3 is 0 Å². The van der Waals surface area contributed by atoms with Crippen molar-refractivity contribution >= 4 is 17.6 Å². The Kier molecular flexibility index (Phi) is 10.5. The largest absolute Gasteiger partial charge is 0.355 e. The molecular formula is C21H37N5O. The van der Waals surface area contributed by atoms with Gasteiger partial charge in [0.25, 0.3) is 0 Å². The fourth-order valence-corrected chi connectivity index (χ4v) is 2.98. The van der Waals surface area contributed by atoms with Gasteiger partial charge in [0.05, 0.1) is 0 Å². The van der Waals surface area contributed by atoms with Crippen molar-refractivity contribution in [2.75, 3.05) is 25.5 Å². The second-order valence-corrected chi connectivity index (χ2v) is 7.27. The first-order valence-electron chi connectivity index (χ1n) is 9.96. The minimum atomic E-state index is 0.0600. The van der Waals surface area contributed by atoms with Crippen molar-refractivity contribution in [2.24, 2.45) is 4.99 Å². The number of nitrogens with one attached hydrogen (secondary N) is 3. The van der Waals surface area contributed by atoms with Gasteiger partial charge in [-0.1, -0.05) is 19.1 Å². The van der Waals surface area contributed by atoms with Crippen LogP contribution in [-0.4, -0.2) is 49.0 Å². The Morgan fingerprint density at radius 2 is 1.70 bits per heavy atom. The third kappa shape index (κ3) is 8.91. The molecule has 0 aliphatic heterocycles. The summed E-state index contributed by atoms with van der Waals surface area (Å²) >= 11 is 0. The number of carbonyl (C=O) groups is 1. The molecule has 1 aromatic rings. The first kappa shape index (κ1) is 23.0. The maximum absolute atomic E-state index is 11.6. The normalized spacial score (nSPS) is 12.0. The number of guanidine groups is 1. The summed E-state index contributed by atoms with van der Waals surface area (Å²) in [6.07, 6.45) is 1.41. The third-order valence-electron chi connectivity index (χ3n) is 4.39. The number of carbonyl (C=O) groups excluding carboxylic acids is 1. The zero-order valence-electron chi connectivity index (χ0n) is 17.8. The molecule has 0 saturated carbocycles. The predicted molar refractivity (Wildman–Crippen MR) is 115 cm³/mol. The van der Waals surface area contributed by atoms with E-state index in [1.54, 1.807) is 7.05 Å². The monoisotopic (exact) mass is 375 g/mol. The zero-order valence-corrected chi connectivity index (χ0v) is 17.8. The highest BCUT2D eigenvalue weighted by Gasteiger charge is 2.12. The lowest BCUT2D eigenvalue weighted by atomic mass is 10.2. The molecule has 3 N–H and O–H groups in total. The molecule has 0 heterocycles. The summed E-state index contributed by atoms with van der Waals surface area (Å²) in [6, 6.07) is 8.95. The highest BCUT2D eigenvalue weighted by atomic mass is 16.1. The van der Waals surface area contributed by atoms with Gasteiger partial charge < -0.3 is 16.0 Å². The highest BCUT2D eigenvalue weighted by Crippen LogP contribution is 2.10. The molecule has 0 unspecified atom stereocenters. The Morgan fingerprint density at radius 3 is 2.22 bits per heavy atom. The SMILES string of the molecule is CCCC(=O)Nc1ccc(CNC(=NC)NCCN(C(C)C)C(C)C)cc1. The lowest BCUT2D eigenvalue weighted by Gasteiger charge is -2.30. The van der Waals surface area contributed by atoms with Gasteiger partial charge in [-0.05, 0) is 51.8 Å². The first-order chi connectivity index (χ1) is 12.9. The van der Waals surface area contributed by atoms with Crippen molar-refractivity contribution in [3.63, 3.8) is 0 Å². The van der Waals surface area contributed by atoms with Crippen LogP contribution in [0.4, 0.5) is 5.69 Å². The minimum Gasteiger partial charge on any atom is -0.355 e. The molecule has 0 radical (unpaired) electrons. The van der Waals surface area contributed by atoms with Gasteiger partial charge in [0.15, 0.2) is 5.96 Å². The van der Waals surface area contributed by atoms with Gasteiger partial charge in [0, 0.05) is 50.9 Å². The van der Waals surface area contributed by atoms with Gasteiger partial charge in [-0.3, -0.25) is 14.7 Å². The number of hydrogen-bond donors (Lipinski definition) is 3. The summed E-state index contributed by atoms with van der Waals surface area (Å²) < 4.78 is 0. The second kappa shape index (κ2) is 12.3. The van der Waals surface area contributed by atoms with Gasteiger partial charge in [-0.25, -0.2) is 0 Å². The van der Waals surface area contributed by atoms with E-state index in [2.05, 4.69) is 53.5 Å². The smallest absolute Gasteiger partial charge is 0.224 e. The average Bonchev–Trinajstić information content (AvgIpc) is 2.62. The summed E-state index contributed by atoms with van der Waals surface area (Å²) in [5.41, 5.74) is 1.97. The van der Waals surface area contributed by atoms with Crippen LogP contribution in [0.2, 0.25) is 0 Å². The highest BCUT2D eigenvalue weighted by molar-refractivity contribution is 5.90. The van der Waals surface area contributed by atoms with E-state index < -0.39 is 0 Å². The molecule has 0 aliphatic rings. The van der Waals surface area contributed by atoms with Crippen LogP contribution >= 0.6 is 0 Å². The van der Waals surface area contributed by atoms with Crippen LogP contribution in [-0.2, 0) is 11.3 Å². The van der Waals surface area contributed by atoms with Crippen molar-refractivity contribution in [1.82, 2.24) is 15.5 Å². The van der Waals surface area contributed by atoms with E-state index in [1.807, 2.05) is 31.2 Å². The van der Waals surface area contributed by atoms with Crippen molar-refractivity contribution in [1.29, 1.82) is 0 Å². The van der Waals surface area contributed by atoms with E-state index in [4.69, 9.17) is 0 Å². The van der Waals surface area contributed by atoms with E-state index in [0.29, 0.717) is 25.0 Å². The van der Waals surface area contributed by atoms with Crippen LogP contribution in [0, 0.1) is 0 Å². The Balaban J connectivity index is 2.43. The predicted octanol–water partition coefficient (Wildman–Crippen LogP) is 3.21. The van der Waals surface area contributed by atoms with Gasteiger partial charge in [-0.2, -0.15) is 0 Å². The average molecular weight is 376 g/mol. The Labute approximate surface area is 164 Å². The number of nitrogens with zero attached hydrogens (tertiary/aromatic N) is 2. The summed E-state index contributed by atoms with van der Waals surface area (Å²) in [7, 11) is 1.78. The molecule has 152 valence electrons. The Hall–Kier alpha value is -2.08. The van der Waals surface area contributed by atoms with E-state index in [-0.39, 0.29) is 5.91 Å². The molecule has 27 heavy (non-hydrogen) atoms. The lowest BCUT2D eigenvalue weighted by molar-refractivity contribution is -0.116. The van der Waals surface area contributed by atoms with E-state index in [1.165, 1.54) is 0 Å². The second-order valence-electron chi connectivity index (χ2n) is 7.27. The van der Waals surface area contributed by atoms with E-state index in [0.717, 1.165) is 36.7 Å². The number of rotatable bonds is 10. The molecule has 0 spiro atoms. The molecular weight excluding hydrogens is 338 g/mol. The molecule has 0 bridgehead atoms. The fourth-order valence-electron chi connectivity index (χ4n) is 2.98. The van der Waals surface area contributed by atoms with Crippen LogP contribution in [0.1, 0.15) is 53.0 Å². The summed E-state index contributed by atoms with van der Waals surface area (Å²) in [6.45, 7) is 13.4. The third-order valence-corrected chi connectivity index (χ3v) is 4.39. The first-order valence-corrected chi connectivity index (χ1v) is 9.96. The van der Waals surface area contributed by atoms with Gasteiger partial charge in [-0.15, -0.1) is 0 Å². The maximum Gasteiger partial charge on any atom is 0.224 e. The van der Waals surface area contributed by atoms with Crippen LogP contribution < -0.4 is 16.0 Å². The number of hydrogen-bond acceptors (Lipinski definition) is 3. The van der Waals surface area contributed by atoms with Crippen molar-refractivity contribution < 1.29 is 4.79 Å². The number of anilines is 1. The summed E-state index contributed by atoms with van der Waals surface area (Å²) in [4.78, 5) is 18.4. The topological polar surface area (TPSA) is 68.8 Å². The molecule has 0 aromatic heterocycles. The molecule has 0 saturated heterocycles. The Bertz CT molecular complexity index is 573. The van der Waals surface area contributed by atoms with E-state index in [9.17, 15) is 4.79 Å². The molecule has 6 nitrogen and oxygen atoms in total. The summed E-state index contributed by atoms with van der Waals surface area (Å²) in [5.74, 6) is 0.854. The fraction of sp³-hybridized carbons (Fsp3) is 0.619. The van der Waals surface area contributed by atoms with E-state index >= 15 is 0 Å². The van der Waals surface area contributed by atoms with Crippen LogP contribution in [0.3, 0.4) is 0 Å². The molecule has 0 atom stereocenters. The number of aliphatic imine (C=N–C) groups is 1. The number of benzene rings is 1. The van der Waals surface area contributed by atoms with Crippen molar-refractivity contribution in [3.05, 3.63) is 29.8 Å². The van der Waals surface area contributed by atoms with Crippen LogP contribution in [0.15, 0.2) is 29.3 Å². The quantitative estimate of drug-likeness (QED) is 0.434. The minimum absolute atomic E-state index is 0.0600. The molecule has 0 aliphatic carbocycles. The Morgan fingerprint density at radius 1 is 1.07 bits per heavy atom. The number of amides is 1. The maximum atomic E-state index is 11.6. The van der Waals surface area contributed by atoms with Gasteiger partial charge in [0.1, 0.15) is 0 Å². The molecule has 0 fully saturated rings.